The van der Waals surface area contributed by atoms with E-state index in [0.717, 1.165) is 11.8 Å². The smallest absolute Gasteiger partial charge is 0.321 e. The first-order chi connectivity index (χ1) is 10.1. The van der Waals surface area contributed by atoms with Gasteiger partial charge in [0, 0.05) is 19.0 Å². The minimum Gasteiger partial charge on any atom is -0.508 e. The molecule has 0 aliphatic heterocycles. The average Bonchev–Trinajstić information content (AvgIpc) is 2.47. The topological polar surface area (TPSA) is 98.7 Å². The SMILES string of the molecule is CNC(CCC=O)CNC(Cc1ccc(O)cc1)C(=O)O. The number of phenols is 1. The summed E-state index contributed by atoms with van der Waals surface area (Å²) in [5.41, 5.74) is 0.835. The predicted octanol–water partition coefficient (Wildman–Crippen LogP) is 0.545. The number of phenolic OH excluding ortho intramolecular Hbond substituents is 1. The van der Waals surface area contributed by atoms with Gasteiger partial charge in [-0.05, 0) is 37.6 Å². The van der Waals surface area contributed by atoms with E-state index in [4.69, 9.17) is 0 Å². The molecule has 0 heterocycles. The van der Waals surface area contributed by atoms with Crippen LogP contribution in [0.4, 0.5) is 0 Å². The Morgan fingerprint density at radius 2 is 2.00 bits per heavy atom. The van der Waals surface area contributed by atoms with Crippen molar-refractivity contribution in [3.8, 4) is 5.75 Å². The van der Waals surface area contributed by atoms with Gasteiger partial charge in [0.05, 0.1) is 0 Å². The number of carboxylic acid groups (broad SMARTS) is 1. The van der Waals surface area contributed by atoms with Crippen LogP contribution in [0.1, 0.15) is 18.4 Å². The number of carbonyl (C=O) groups excluding carboxylic acids is 1. The molecule has 0 radical (unpaired) electrons. The van der Waals surface area contributed by atoms with Gasteiger partial charge in [-0.1, -0.05) is 12.1 Å². The molecule has 1 aromatic carbocycles. The number of aldehydes is 1. The molecule has 0 fully saturated rings. The van der Waals surface area contributed by atoms with Crippen LogP contribution in [0.3, 0.4) is 0 Å². The van der Waals surface area contributed by atoms with E-state index < -0.39 is 12.0 Å². The molecule has 0 aromatic heterocycles. The van der Waals surface area contributed by atoms with Crippen LogP contribution < -0.4 is 10.6 Å². The van der Waals surface area contributed by atoms with Gasteiger partial charge < -0.3 is 25.6 Å². The second kappa shape index (κ2) is 9.10. The molecule has 0 saturated carbocycles. The van der Waals surface area contributed by atoms with Gasteiger partial charge in [0.15, 0.2) is 0 Å². The minimum absolute atomic E-state index is 0.0527. The Kier molecular flexibility index (Phi) is 7.42. The van der Waals surface area contributed by atoms with E-state index in [1.807, 2.05) is 0 Å². The first-order valence-corrected chi connectivity index (χ1v) is 6.91. The van der Waals surface area contributed by atoms with Crippen molar-refractivity contribution < 1.29 is 19.8 Å². The minimum atomic E-state index is -0.923. The summed E-state index contributed by atoms with van der Waals surface area (Å²) < 4.78 is 0. The van der Waals surface area contributed by atoms with Crippen molar-refractivity contribution in [1.82, 2.24) is 10.6 Å². The molecule has 0 bridgehead atoms. The quantitative estimate of drug-likeness (QED) is 0.470. The Hall–Kier alpha value is -1.92. The zero-order valence-electron chi connectivity index (χ0n) is 12.1. The number of carbonyl (C=O) groups is 2. The summed E-state index contributed by atoms with van der Waals surface area (Å²) in [6.07, 6.45) is 2.30. The summed E-state index contributed by atoms with van der Waals surface area (Å²) in [5, 5.41) is 24.5. The van der Waals surface area contributed by atoms with Gasteiger partial charge in [0.2, 0.25) is 0 Å². The van der Waals surface area contributed by atoms with E-state index in [0.29, 0.717) is 25.8 Å². The highest BCUT2D eigenvalue weighted by atomic mass is 16.4. The summed E-state index contributed by atoms with van der Waals surface area (Å²) in [6.45, 7) is 0.472. The number of aromatic hydroxyl groups is 1. The van der Waals surface area contributed by atoms with Crippen molar-refractivity contribution in [3.05, 3.63) is 29.8 Å². The molecule has 0 amide bonds. The lowest BCUT2D eigenvalue weighted by atomic mass is 10.0. The van der Waals surface area contributed by atoms with E-state index in [1.54, 1.807) is 19.2 Å². The molecule has 2 atom stereocenters. The van der Waals surface area contributed by atoms with Crippen LogP contribution in [0.5, 0.6) is 5.75 Å². The van der Waals surface area contributed by atoms with Gasteiger partial charge in [0.25, 0.3) is 0 Å². The third-order valence-electron chi connectivity index (χ3n) is 3.33. The average molecular weight is 294 g/mol. The molecule has 1 aromatic rings. The van der Waals surface area contributed by atoms with Gasteiger partial charge in [0.1, 0.15) is 18.1 Å². The van der Waals surface area contributed by atoms with Gasteiger partial charge in [-0.25, -0.2) is 0 Å². The van der Waals surface area contributed by atoms with Crippen molar-refractivity contribution >= 4 is 12.3 Å². The fraction of sp³-hybridized carbons (Fsp3) is 0.467. The summed E-state index contributed by atoms with van der Waals surface area (Å²) >= 11 is 0. The maximum Gasteiger partial charge on any atom is 0.321 e. The molecule has 0 spiro atoms. The molecular formula is C15H22N2O4. The highest BCUT2D eigenvalue weighted by molar-refractivity contribution is 5.73. The van der Waals surface area contributed by atoms with E-state index in [9.17, 15) is 19.8 Å². The Labute approximate surface area is 124 Å². The zero-order valence-corrected chi connectivity index (χ0v) is 12.1. The third kappa shape index (κ3) is 6.37. The maximum absolute atomic E-state index is 11.3. The summed E-state index contributed by atoms with van der Waals surface area (Å²) in [6, 6.07) is 5.83. The normalized spacial score (nSPS) is 13.6. The molecule has 2 unspecified atom stereocenters. The number of aliphatic carboxylic acids is 1. The molecule has 116 valence electrons. The molecule has 0 aliphatic rings. The monoisotopic (exact) mass is 294 g/mol. The van der Waals surface area contributed by atoms with Crippen LogP contribution >= 0.6 is 0 Å². The molecule has 21 heavy (non-hydrogen) atoms. The number of rotatable bonds is 10. The lowest BCUT2D eigenvalue weighted by molar-refractivity contribution is -0.139. The molecule has 4 N–H and O–H groups in total. The number of carboxylic acids is 1. The molecule has 0 aliphatic carbocycles. The summed E-state index contributed by atoms with van der Waals surface area (Å²) in [4.78, 5) is 21.7. The molecule has 6 heteroatoms. The summed E-state index contributed by atoms with van der Waals surface area (Å²) in [7, 11) is 1.78. The fourth-order valence-corrected chi connectivity index (χ4v) is 2.02. The van der Waals surface area contributed by atoms with Crippen LogP contribution in [0, 0.1) is 0 Å². The molecule has 1 rings (SSSR count). The van der Waals surface area contributed by atoms with Gasteiger partial charge in [-0.15, -0.1) is 0 Å². The molecule has 0 saturated heterocycles. The lowest BCUT2D eigenvalue weighted by Crippen LogP contribution is -2.45. The number of hydrogen-bond donors (Lipinski definition) is 4. The highest BCUT2D eigenvalue weighted by Gasteiger charge is 2.18. The Morgan fingerprint density at radius 1 is 1.33 bits per heavy atom. The van der Waals surface area contributed by atoms with Crippen molar-refractivity contribution in [3.63, 3.8) is 0 Å². The largest absolute Gasteiger partial charge is 0.508 e. The second-order valence-corrected chi connectivity index (χ2v) is 4.90. The maximum atomic E-state index is 11.3. The third-order valence-corrected chi connectivity index (χ3v) is 3.33. The number of nitrogens with one attached hydrogen (secondary N) is 2. The molecular weight excluding hydrogens is 272 g/mol. The molecule has 6 nitrogen and oxygen atoms in total. The van der Waals surface area contributed by atoms with Crippen molar-refractivity contribution in [2.45, 2.75) is 31.3 Å². The van der Waals surface area contributed by atoms with Crippen LogP contribution in [0.25, 0.3) is 0 Å². The van der Waals surface area contributed by atoms with E-state index in [2.05, 4.69) is 10.6 Å². The van der Waals surface area contributed by atoms with Crippen LogP contribution in [0.15, 0.2) is 24.3 Å². The van der Waals surface area contributed by atoms with E-state index >= 15 is 0 Å². The van der Waals surface area contributed by atoms with Gasteiger partial charge in [-0.2, -0.15) is 0 Å². The second-order valence-electron chi connectivity index (χ2n) is 4.90. The predicted molar refractivity (Wildman–Crippen MR) is 79.4 cm³/mol. The number of likely N-dealkylation sites (N-methyl/N-ethyl adjacent to an activating group) is 1. The van der Waals surface area contributed by atoms with Crippen molar-refractivity contribution in [2.75, 3.05) is 13.6 Å². The van der Waals surface area contributed by atoms with Crippen LogP contribution in [-0.2, 0) is 16.0 Å². The Bertz CT molecular complexity index is 447. The highest BCUT2D eigenvalue weighted by Crippen LogP contribution is 2.11. The van der Waals surface area contributed by atoms with E-state index in [1.165, 1.54) is 12.1 Å². The Balaban J connectivity index is 2.55. The number of hydrogen-bond acceptors (Lipinski definition) is 5. The van der Waals surface area contributed by atoms with Crippen LogP contribution in [-0.4, -0.2) is 48.1 Å². The first kappa shape index (κ1) is 17.1. The zero-order chi connectivity index (χ0) is 15.7. The van der Waals surface area contributed by atoms with Crippen molar-refractivity contribution in [1.29, 1.82) is 0 Å². The fourth-order valence-electron chi connectivity index (χ4n) is 2.02. The lowest BCUT2D eigenvalue weighted by Gasteiger charge is -2.20. The van der Waals surface area contributed by atoms with E-state index in [-0.39, 0.29) is 11.8 Å². The summed E-state index contributed by atoms with van der Waals surface area (Å²) in [5.74, 6) is -0.768. The number of benzene rings is 1. The van der Waals surface area contributed by atoms with Crippen molar-refractivity contribution in [2.24, 2.45) is 0 Å². The first-order valence-electron chi connectivity index (χ1n) is 6.91. The van der Waals surface area contributed by atoms with Gasteiger partial charge >= 0.3 is 5.97 Å². The standard InChI is InChI=1S/C15H22N2O4/c1-16-12(3-2-8-18)10-17-14(15(20)21)9-11-4-6-13(19)7-5-11/h4-8,12,14,16-17,19H,2-3,9-10H2,1H3,(H,20,21). The van der Waals surface area contributed by atoms with Crippen LogP contribution in [0.2, 0.25) is 0 Å². The van der Waals surface area contributed by atoms with Gasteiger partial charge in [-0.3, -0.25) is 4.79 Å². The Morgan fingerprint density at radius 3 is 2.52 bits per heavy atom.